The maximum absolute atomic E-state index is 13.0. The van der Waals surface area contributed by atoms with E-state index in [0.29, 0.717) is 14.2 Å². The van der Waals surface area contributed by atoms with E-state index in [2.05, 4.69) is 41.2 Å². The van der Waals surface area contributed by atoms with Gasteiger partial charge in [-0.15, -0.1) is 0 Å². The zero-order valence-corrected chi connectivity index (χ0v) is 10.7. The van der Waals surface area contributed by atoms with E-state index in [1.807, 2.05) is 0 Å². The Morgan fingerprint density at radius 2 is 2.00 bits per heavy atom. The lowest BCUT2D eigenvalue weighted by molar-refractivity contribution is 0.627. The molecule has 0 N–H and O–H groups in total. The van der Waals surface area contributed by atoms with Crippen molar-refractivity contribution < 1.29 is 4.39 Å². The van der Waals surface area contributed by atoms with Crippen LogP contribution in [0.4, 0.5) is 4.39 Å². The van der Waals surface area contributed by atoms with Crippen LogP contribution in [0.3, 0.4) is 0 Å². The molecule has 2 rings (SSSR count). The first-order valence-corrected chi connectivity index (χ1v) is 5.97. The zero-order chi connectivity index (χ0) is 10.1. The summed E-state index contributed by atoms with van der Waals surface area (Å²) in [5.74, 6) is -0.291. The van der Waals surface area contributed by atoms with Crippen molar-refractivity contribution in [3.05, 3.63) is 33.2 Å². The summed E-state index contributed by atoms with van der Waals surface area (Å²) in [7, 11) is 0. The van der Waals surface area contributed by atoms with Crippen LogP contribution in [0.2, 0.25) is 0 Å². The first-order valence-electron chi connectivity index (χ1n) is 3.61. The molecule has 1 aromatic carbocycles. The molecule has 0 unspecified atom stereocenters. The Labute approximate surface area is 101 Å². The fourth-order valence-electron chi connectivity index (χ4n) is 1.00. The van der Waals surface area contributed by atoms with E-state index in [1.54, 1.807) is 6.07 Å². The van der Waals surface area contributed by atoms with Gasteiger partial charge < -0.3 is 0 Å². The van der Waals surface area contributed by atoms with E-state index < -0.39 is 0 Å². The van der Waals surface area contributed by atoms with Crippen molar-refractivity contribution in [3.63, 3.8) is 0 Å². The summed E-state index contributed by atoms with van der Waals surface area (Å²) in [6.45, 7) is 0. The lowest BCUT2D eigenvalue weighted by Gasteiger charge is -1.96. The van der Waals surface area contributed by atoms with E-state index in [1.165, 1.54) is 23.7 Å². The predicted octanol–water partition coefficient (Wildman–Crippen LogP) is 3.87. The summed E-state index contributed by atoms with van der Waals surface area (Å²) in [5.41, 5.74) is 0.722. The molecule has 0 bridgehead atoms. The van der Waals surface area contributed by atoms with Gasteiger partial charge in [0.05, 0.1) is 0 Å². The maximum atomic E-state index is 13.0. The van der Waals surface area contributed by atoms with Crippen LogP contribution < -0.4 is 0 Å². The van der Waals surface area contributed by atoms with Gasteiger partial charge >= 0.3 is 0 Å². The summed E-state index contributed by atoms with van der Waals surface area (Å²) in [6.07, 6.45) is 0. The minimum Gasteiger partial charge on any atom is -0.209 e. The summed E-state index contributed by atoms with van der Waals surface area (Å²) >= 11 is 7.60. The molecule has 0 atom stereocenters. The second kappa shape index (κ2) is 4.04. The number of hydrogen-bond acceptors (Lipinski definition) is 3. The van der Waals surface area contributed by atoms with Gasteiger partial charge in [0, 0.05) is 10.0 Å². The van der Waals surface area contributed by atoms with Crippen LogP contribution in [0, 0.1) is 5.82 Å². The highest BCUT2D eigenvalue weighted by atomic mass is 79.9. The minimum atomic E-state index is -0.291. The van der Waals surface area contributed by atoms with Gasteiger partial charge in [0.25, 0.3) is 0 Å². The fraction of sp³-hybridized carbons (Fsp3) is 0. The van der Waals surface area contributed by atoms with Gasteiger partial charge in [-0.1, -0.05) is 15.9 Å². The molecule has 0 saturated heterocycles. The van der Waals surface area contributed by atoms with Crippen LogP contribution in [0.1, 0.15) is 0 Å². The van der Waals surface area contributed by atoms with Gasteiger partial charge in [-0.2, -0.15) is 4.37 Å². The minimum absolute atomic E-state index is 0.291. The topological polar surface area (TPSA) is 25.8 Å². The molecule has 0 amide bonds. The highest BCUT2D eigenvalue weighted by Gasteiger charge is 2.06. The number of halogens is 3. The molecule has 14 heavy (non-hydrogen) atoms. The van der Waals surface area contributed by atoms with Crippen LogP contribution >= 0.6 is 43.4 Å². The van der Waals surface area contributed by atoms with Crippen LogP contribution in [0.25, 0.3) is 10.6 Å². The first-order chi connectivity index (χ1) is 6.65. The molecule has 0 aliphatic carbocycles. The Hall–Kier alpha value is -0.330. The molecule has 0 saturated carbocycles. The summed E-state index contributed by atoms with van der Waals surface area (Å²) in [6, 6.07) is 4.63. The Morgan fingerprint density at radius 1 is 1.21 bits per heavy atom. The number of aromatic nitrogens is 2. The predicted molar refractivity (Wildman–Crippen MR) is 60.7 cm³/mol. The fourth-order valence-corrected chi connectivity index (χ4v) is 2.53. The Balaban J connectivity index is 2.51. The molecule has 2 nitrogen and oxygen atoms in total. The van der Waals surface area contributed by atoms with E-state index in [9.17, 15) is 4.39 Å². The number of benzene rings is 1. The molecule has 72 valence electrons. The first kappa shape index (κ1) is 10.2. The molecular formula is C8H3Br2FN2S. The second-order valence-corrected chi connectivity index (χ2v) is 4.90. The molecule has 0 aliphatic rings. The van der Waals surface area contributed by atoms with E-state index >= 15 is 0 Å². The Bertz CT molecular complexity index is 452. The van der Waals surface area contributed by atoms with Crippen molar-refractivity contribution in [2.45, 2.75) is 0 Å². The van der Waals surface area contributed by atoms with Gasteiger partial charge in [0.2, 0.25) is 4.73 Å². The van der Waals surface area contributed by atoms with Gasteiger partial charge in [-0.25, -0.2) is 9.37 Å². The molecule has 1 aromatic heterocycles. The summed E-state index contributed by atoms with van der Waals surface area (Å²) < 4.78 is 18.2. The number of nitrogens with zero attached hydrogens (tertiary/aromatic N) is 2. The van der Waals surface area contributed by atoms with E-state index in [0.717, 1.165) is 5.56 Å². The molecular weight excluding hydrogens is 335 g/mol. The van der Waals surface area contributed by atoms with Crippen molar-refractivity contribution >= 4 is 43.4 Å². The van der Waals surface area contributed by atoms with Crippen molar-refractivity contribution in [1.82, 2.24) is 9.36 Å². The molecule has 0 radical (unpaired) electrons. The molecule has 6 heteroatoms. The van der Waals surface area contributed by atoms with Gasteiger partial charge in [0.1, 0.15) is 10.8 Å². The standard InChI is InChI=1S/C8H3Br2FN2S/c9-5-1-4(2-6(11)3-5)7-12-8(10)13-14-7/h1-3H. The SMILES string of the molecule is Fc1cc(Br)cc(-c2nc(Br)ns2)c1. The third-order valence-corrected chi connectivity index (χ3v) is 3.32. The smallest absolute Gasteiger partial charge is 0.209 e. The largest absolute Gasteiger partial charge is 0.209 e. The van der Waals surface area contributed by atoms with Gasteiger partial charge in [-0.3, -0.25) is 0 Å². The lowest BCUT2D eigenvalue weighted by Crippen LogP contribution is -1.80. The quantitative estimate of drug-likeness (QED) is 0.789. The van der Waals surface area contributed by atoms with E-state index in [-0.39, 0.29) is 5.82 Å². The van der Waals surface area contributed by atoms with Gasteiger partial charge in [0.15, 0.2) is 0 Å². The third-order valence-electron chi connectivity index (χ3n) is 1.51. The maximum Gasteiger partial charge on any atom is 0.209 e. The van der Waals surface area contributed by atoms with Crippen molar-refractivity contribution in [1.29, 1.82) is 0 Å². The lowest BCUT2D eigenvalue weighted by atomic mass is 10.2. The Morgan fingerprint density at radius 3 is 2.57 bits per heavy atom. The number of hydrogen-bond donors (Lipinski definition) is 0. The third kappa shape index (κ3) is 2.18. The molecule has 0 fully saturated rings. The average molecular weight is 338 g/mol. The molecule has 0 spiro atoms. The summed E-state index contributed by atoms with van der Waals surface area (Å²) in [5, 5.41) is 0.692. The second-order valence-electron chi connectivity index (χ2n) is 2.53. The zero-order valence-electron chi connectivity index (χ0n) is 6.67. The Kier molecular flexibility index (Phi) is 2.94. The number of rotatable bonds is 1. The highest BCUT2D eigenvalue weighted by molar-refractivity contribution is 9.10. The van der Waals surface area contributed by atoms with Crippen LogP contribution in [-0.2, 0) is 0 Å². The van der Waals surface area contributed by atoms with Crippen LogP contribution in [-0.4, -0.2) is 9.36 Å². The van der Waals surface area contributed by atoms with Crippen LogP contribution in [0.5, 0.6) is 0 Å². The molecule has 1 heterocycles. The van der Waals surface area contributed by atoms with Crippen molar-refractivity contribution in [2.75, 3.05) is 0 Å². The van der Waals surface area contributed by atoms with Crippen molar-refractivity contribution in [3.8, 4) is 10.6 Å². The summed E-state index contributed by atoms with van der Waals surface area (Å²) in [4.78, 5) is 4.10. The molecule has 2 aromatic rings. The molecule has 0 aliphatic heterocycles. The van der Waals surface area contributed by atoms with Gasteiger partial charge in [-0.05, 0) is 45.7 Å². The van der Waals surface area contributed by atoms with Crippen molar-refractivity contribution in [2.24, 2.45) is 0 Å². The highest BCUT2D eigenvalue weighted by Crippen LogP contribution is 2.26. The van der Waals surface area contributed by atoms with E-state index in [4.69, 9.17) is 0 Å². The monoisotopic (exact) mass is 336 g/mol. The normalized spacial score (nSPS) is 10.5. The average Bonchev–Trinajstić information content (AvgIpc) is 2.50. The van der Waals surface area contributed by atoms with Crippen LogP contribution in [0.15, 0.2) is 27.4 Å².